The Bertz CT molecular complexity index is 1690. The van der Waals surface area contributed by atoms with E-state index in [1.807, 2.05) is 0 Å². The minimum absolute atomic E-state index is 0.00352. The van der Waals surface area contributed by atoms with Crippen LogP contribution in [0.2, 0.25) is 0 Å². The van der Waals surface area contributed by atoms with Crippen molar-refractivity contribution >= 4 is 0 Å². The number of hydrogen-bond donors (Lipinski definition) is 0. The maximum absolute atomic E-state index is 15.1. The summed E-state index contributed by atoms with van der Waals surface area (Å²) in [5.41, 5.74) is -1.85. The van der Waals surface area contributed by atoms with Crippen molar-refractivity contribution in [2.75, 3.05) is 13.2 Å². The summed E-state index contributed by atoms with van der Waals surface area (Å²) in [5.74, 6) is -6.37. The van der Waals surface area contributed by atoms with Gasteiger partial charge in [-0.3, -0.25) is 0 Å². The molecule has 0 saturated carbocycles. The SMILES string of the molecule is CCCCCC1COC(c2cc(F)c(C(F)(F)Oc3ccc(-c4ccc(-c5ccc(OC(F)(F)F)cc5)c(F)c4)c(F)c3)c(F)c2)OC1. The summed E-state index contributed by atoms with van der Waals surface area (Å²) in [6, 6.07) is 11.7. The molecule has 0 spiro atoms. The summed E-state index contributed by atoms with van der Waals surface area (Å²) < 4.78 is 147. The lowest BCUT2D eigenvalue weighted by Gasteiger charge is -2.30. The molecule has 0 aromatic heterocycles. The molecule has 0 unspecified atom stereocenters. The van der Waals surface area contributed by atoms with Crippen molar-refractivity contribution in [3.05, 3.63) is 107 Å². The molecule has 4 aromatic carbocycles. The Morgan fingerprint density at radius 3 is 1.79 bits per heavy atom. The van der Waals surface area contributed by atoms with Gasteiger partial charge in [0.1, 0.15) is 40.3 Å². The highest BCUT2D eigenvalue weighted by Gasteiger charge is 2.42. The van der Waals surface area contributed by atoms with Gasteiger partial charge in [-0.25, -0.2) is 17.6 Å². The number of ether oxygens (including phenoxy) is 4. The second kappa shape index (κ2) is 14.5. The molecule has 0 N–H and O–H groups in total. The van der Waals surface area contributed by atoms with E-state index in [0.717, 1.165) is 56.0 Å². The van der Waals surface area contributed by atoms with E-state index < -0.39 is 59.1 Å². The van der Waals surface area contributed by atoms with E-state index in [-0.39, 0.29) is 46.9 Å². The standard InChI is InChI=1S/C35H29F9O4/c1-2-3-4-5-20-18-45-33(46-19-20)23-15-30(38)32(31(39)16-23)34(40,41)47-25-11-13-27(29(37)17-25)22-8-12-26(28(36)14-22)21-6-9-24(10-7-21)48-35(42,43)44/h6-17,20,33H,2-5,18-19H2,1H3. The molecule has 1 saturated heterocycles. The van der Waals surface area contributed by atoms with E-state index in [0.29, 0.717) is 18.2 Å². The van der Waals surface area contributed by atoms with Crippen molar-refractivity contribution in [1.82, 2.24) is 0 Å². The van der Waals surface area contributed by atoms with Crippen molar-refractivity contribution in [1.29, 1.82) is 0 Å². The first kappa shape index (κ1) is 35.1. The van der Waals surface area contributed by atoms with E-state index in [1.54, 1.807) is 0 Å². The van der Waals surface area contributed by atoms with Gasteiger partial charge in [-0.2, -0.15) is 8.78 Å². The van der Waals surface area contributed by atoms with Crippen LogP contribution in [0.3, 0.4) is 0 Å². The molecule has 0 aliphatic carbocycles. The molecule has 4 nitrogen and oxygen atoms in total. The quantitative estimate of drug-likeness (QED) is 0.116. The summed E-state index contributed by atoms with van der Waals surface area (Å²) in [7, 11) is 0. The molecule has 0 bridgehead atoms. The predicted molar refractivity (Wildman–Crippen MR) is 157 cm³/mol. The van der Waals surface area contributed by atoms with E-state index in [1.165, 1.54) is 24.3 Å². The third-order valence-corrected chi connectivity index (χ3v) is 7.68. The monoisotopic (exact) mass is 684 g/mol. The van der Waals surface area contributed by atoms with Crippen LogP contribution in [0.4, 0.5) is 39.5 Å². The lowest BCUT2D eigenvalue weighted by atomic mass is 9.99. The van der Waals surface area contributed by atoms with Gasteiger partial charge in [0.15, 0.2) is 6.29 Å². The Labute approximate surface area is 270 Å². The van der Waals surface area contributed by atoms with E-state index in [2.05, 4.69) is 16.4 Å². The van der Waals surface area contributed by atoms with Crippen LogP contribution in [0.1, 0.15) is 50.0 Å². The van der Waals surface area contributed by atoms with Crippen LogP contribution in [0, 0.1) is 29.2 Å². The van der Waals surface area contributed by atoms with E-state index in [4.69, 9.17) is 9.47 Å². The molecule has 1 aliphatic rings. The van der Waals surface area contributed by atoms with Crippen LogP contribution < -0.4 is 9.47 Å². The van der Waals surface area contributed by atoms with E-state index in [9.17, 15) is 26.3 Å². The zero-order valence-electron chi connectivity index (χ0n) is 25.4. The van der Waals surface area contributed by atoms with Gasteiger partial charge >= 0.3 is 12.5 Å². The molecule has 4 aromatic rings. The maximum Gasteiger partial charge on any atom is 0.573 e. The highest BCUT2D eigenvalue weighted by atomic mass is 19.4. The Hall–Kier alpha value is -4.23. The van der Waals surface area contributed by atoms with Crippen molar-refractivity contribution in [3.8, 4) is 33.8 Å². The maximum atomic E-state index is 15.1. The van der Waals surface area contributed by atoms with Crippen molar-refractivity contribution in [3.63, 3.8) is 0 Å². The molecule has 48 heavy (non-hydrogen) atoms. The number of hydrogen-bond acceptors (Lipinski definition) is 4. The topological polar surface area (TPSA) is 36.9 Å². The van der Waals surface area contributed by atoms with Crippen molar-refractivity contribution < 1.29 is 58.5 Å². The summed E-state index contributed by atoms with van der Waals surface area (Å²) in [5, 5.41) is 0. The Balaban J connectivity index is 1.27. The van der Waals surface area contributed by atoms with Gasteiger partial charge in [-0.05, 0) is 60.0 Å². The molecular formula is C35H29F9O4. The van der Waals surface area contributed by atoms with E-state index >= 15 is 13.2 Å². The fourth-order valence-corrected chi connectivity index (χ4v) is 5.34. The van der Waals surface area contributed by atoms with Crippen LogP contribution in [0.15, 0.2) is 72.8 Å². The second-order valence-electron chi connectivity index (χ2n) is 11.2. The van der Waals surface area contributed by atoms with Gasteiger partial charge in [0.2, 0.25) is 0 Å². The van der Waals surface area contributed by atoms with Crippen LogP contribution in [-0.2, 0) is 15.6 Å². The fraction of sp³-hybridized carbons (Fsp3) is 0.314. The average molecular weight is 685 g/mol. The number of alkyl halides is 5. The Morgan fingerprint density at radius 1 is 0.646 bits per heavy atom. The lowest BCUT2D eigenvalue weighted by molar-refractivity contribution is -0.274. The number of unbranched alkanes of at least 4 members (excludes halogenated alkanes) is 2. The minimum Gasteiger partial charge on any atom is -0.429 e. The molecule has 1 heterocycles. The molecule has 5 rings (SSSR count). The van der Waals surface area contributed by atoms with Gasteiger partial charge in [0, 0.05) is 28.7 Å². The highest BCUT2D eigenvalue weighted by Crippen LogP contribution is 2.39. The van der Waals surface area contributed by atoms with Crippen LogP contribution in [0.5, 0.6) is 11.5 Å². The molecule has 0 amide bonds. The summed E-state index contributed by atoms with van der Waals surface area (Å²) in [6.07, 6.45) is -6.66. The molecule has 256 valence electrons. The first-order chi connectivity index (χ1) is 22.7. The van der Waals surface area contributed by atoms with Crippen molar-refractivity contribution in [2.45, 2.75) is 51.4 Å². The Kier molecular flexibility index (Phi) is 10.6. The van der Waals surface area contributed by atoms with Gasteiger partial charge in [0.05, 0.1) is 13.2 Å². The zero-order chi connectivity index (χ0) is 34.6. The van der Waals surface area contributed by atoms with Gasteiger partial charge in [0.25, 0.3) is 0 Å². The molecule has 13 heteroatoms. The summed E-state index contributed by atoms with van der Waals surface area (Å²) in [4.78, 5) is 0. The van der Waals surface area contributed by atoms with Crippen LogP contribution >= 0.6 is 0 Å². The third-order valence-electron chi connectivity index (χ3n) is 7.68. The number of rotatable bonds is 11. The zero-order valence-corrected chi connectivity index (χ0v) is 25.4. The molecule has 0 radical (unpaired) electrons. The fourth-order valence-electron chi connectivity index (χ4n) is 5.34. The van der Waals surface area contributed by atoms with Crippen LogP contribution in [0.25, 0.3) is 22.3 Å². The first-order valence-electron chi connectivity index (χ1n) is 15.0. The van der Waals surface area contributed by atoms with Gasteiger partial charge in [-0.1, -0.05) is 50.5 Å². The number of benzene rings is 4. The Morgan fingerprint density at radius 2 is 1.21 bits per heavy atom. The average Bonchev–Trinajstić information content (AvgIpc) is 3.00. The highest BCUT2D eigenvalue weighted by molar-refractivity contribution is 5.72. The summed E-state index contributed by atoms with van der Waals surface area (Å²) in [6.45, 7) is 2.65. The van der Waals surface area contributed by atoms with Crippen molar-refractivity contribution in [2.24, 2.45) is 5.92 Å². The predicted octanol–water partition coefficient (Wildman–Crippen LogP) is 10.8. The third kappa shape index (κ3) is 8.43. The molecular weight excluding hydrogens is 655 g/mol. The molecule has 0 atom stereocenters. The molecule has 1 aliphatic heterocycles. The number of halogens is 9. The molecule has 1 fully saturated rings. The largest absolute Gasteiger partial charge is 0.573 e. The van der Waals surface area contributed by atoms with Gasteiger partial charge < -0.3 is 18.9 Å². The smallest absolute Gasteiger partial charge is 0.429 e. The normalized spacial score (nSPS) is 17.0. The second-order valence-corrected chi connectivity index (χ2v) is 11.2. The lowest BCUT2D eigenvalue weighted by Crippen LogP contribution is -2.28. The minimum atomic E-state index is -4.90. The van der Waals surface area contributed by atoms with Gasteiger partial charge in [-0.15, -0.1) is 13.2 Å². The summed E-state index contributed by atoms with van der Waals surface area (Å²) >= 11 is 0. The van der Waals surface area contributed by atoms with Crippen LogP contribution in [-0.4, -0.2) is 19.6 Å². The first-order valence-corrected chi connectivity index (χ1v) is 15.0.